The molecule has 0 saturated carbocycles. The van der Waals surface area contributed by atoms with Gasteiger partial charge in [0.15, 0.2) is 6.10 Å². The van der Waals surface area contributed by atoms with E-state index in [-0.39, 0.29) is 5.78 Å². The summed E-state index contributed by atoms with van der Waals surface area (Å²) in [6.07, 6.45) is 0.811. The van der Waals surface area contributed by atoms with Crippen LogP contribution in [0.5, 0.6) is 0 Å². The molecule has 1 N–H and O–H groups in total. The molecule has 4 nitrogen and oxygen atoms in total. The summed E-state index contributed by atoms with van der Waals surface area (Å²) in [6, 6.07) is 12.9. The fourth-order valence-electron chi connectivity index (χ4n) is 2.64. The quantitative estimate of drug-likeness (QED) is 0.578. The van der Waals surface area contributed by atoms with Crippen LogP contribution in [0.3, 0.4) is 0 Å². The molecule has 0 fully saturated rings. The van der Waals surface area contributed by atoms with Crippen molar-refractivity contribution in [2.45, 2.75) is 26.9 Å². The number of benzene rings is 2. The zero-order valence-electron chi connectivity index (χ0n) is 13.9. The third-order valence-electron chi connectivity index (χ3n) is 4.25. The average molecular weight is 321 g/mol. The number of aromatic nitrogens is 1. The van der Waals surface area contributed by atoms with Crippen molar-refractivity contribution in [1.29, 1.82) is 0 Å². The number of nitrogens with one attached hydrogen (secondary N) is 1. The molecule has 24 heavy (non-hydrogen) atoms. The summed E-state index contributed by atoms with van der Waals surface area (Å²) in [6.45, 7) is 5.52. The molecule has 0 radical (unpaired) electrons. The van der Waals surface area contributed by atoms with Crippen molar-refractivity contribution in [2.24, 2.45) is 0 Å². The zero-order valence-corrected chi connectivity index (χ0v) is 13.9. The number of H-pyrrole nitrogens is 1. The third kappa shape index (κ3) is 2.95. The first-order chi connectivity index (χ1) is 11.5. The number of para-hydroxylation sites is 1. The van der Waals surface area contributed by atoms with Gasteiger partial charge >= 0.3 is 5.97 Å². The van der Waals surface area contributed by atoms with Gasteiger partial charge in [0.25, 0.3) is 0 Å². The van der Waals surface area contributed by atoms with Crippen LogP contribution in [-0.2, 0) is 4.74 Å². The van der Waals surface area contributed by atoms with Crippen LogP contribution in [0.1, 0.15) is 38.8 Å². The van der Waals surface area contributed by atoms with Crippen molar-refractivity contribution < 1.29 is 14.3 Å². The van der Waals surface area contributed by atoms with Gasteiger partial charge in [-0.05, 0) is 50.1 Å². The van der Waals surface area contributed by atoms with Crippen molar-refractivity contribution in [3.8, 4) is 0 Å². The van der Waals surface area contributed by atoms with Crippen molar-refractivity contribution in [3.63, 3.8) is 0 Å². The summed E-state index contributed by atoms with van der Waals surface area (Å²) in [5, 5.41) is 0.830. The molecule has 4 heteroatoms. The molecule has 1 atom stereocenters. The molecule has 0 spiro atoms. The Morgan fingerprint density at radius 1 is 1.04 bits per heavy atom. The van der Waals surface area contributed by atoms with Crippen LogP contribution in [0.15, 0.2) is 48.7 Å². The van der Waals surface area contributed by atoms with E-state index in [0.717, 1.165) is 22.0 Å². The summed E-state index contributed by atoms with van der Waals surface area (Å²) in [5.41, 5.74) is 3.99. The van der Waals surface area contributed by atoms with Gasteiger partial charge in [0.05, 0.1) is 5.56 Å². The Balaban J connectivity index is 1.78. The van der Waals surface area contributed by atoms with Crippen LogP contribution < -0.4 is 0 Å². The van der Waals surface area contributed by atoms with E-state index in [2.05, 4.69) is 4.98 Å². The van der Waals surface area contributed by atoms with Crippen LogP contribution in [0, 0.1) is 13.8 Å². The van der Waals surface area contributed by atoms with Crippen LogP contribution in [-0.4, -0.2) is 22.8 Å². The Labute approximate surface area is 140 Å². The van der Waals surface area contributed by atoms with E-state index in [1.54, 1.807) is 25.3 Å². The Kier molecular flexibility index (Phi) is 4.21. The average Bonchev–Trinajstić information content (AvgIpc) is 3.00. The van der Waals surface area contributed by atoms with Gasteiger partial charge in [-0.1, -0.05) is 24.3 Å². The number of esters is 1. The summed E-state index contributed by atoms with van der Waals surface area (Å²) < 4.78 is 5.36. The van der Waals surface area contributed by atoms with Crippen LogP contribution in [0.2, 0.25) is 0 Å². The number of hydrogen-bond donors (Lipinski definition) is 1. The fourth-order valence-corrected chi connectivity index (χ4v) is 2.64. The summed E-state index contributed by atoms with van der Waals surface area (Å²) in [7, 11) is 0. The molecule has 2 aromatic carbocycles. The van der Waals surface area contributed by atoms with Crippen molar-refractivity contribution >= 4 is 22.7 Å². The highest BCUT2D eigenvalue weighted by atomic mass is 16.5. The number of aryl methyl sites for hydroxylation is 2. The van der Waals surface area contributed by atoms with Crippen LogP contribution >= 0.6 is 0 Å². The summed E-state index contributed by atoms with van der Waals surface area (Å²) >= 11 is 0. The topological polar surface area (TPSA) is 59.2 Å². The number of carbonyl (C=O) groups is 2. The number of ether oxygens (including phenoxy) is 1. The maximum Gasteiger partial charge on any atom is 0.338 e. The first kappa shape index (κ1) is 16.0. The van der Waals surface area contributed by atoms with Gasteiger partial charge < -0.3 is 9.72 Å². The number of aromatic amines is 1. The molecular weight excluding hydrogens is 302 g/mol. The molecular formula is C20H19NO3. The minimum Gasteiger partial charge on any atom is -0.451 e. The van der Waals surface area contributed by atoms with Gasteiger partial charge in [0.1, 0.15) is 0 Å². The Bertz CT molecular complexity index is 924. The number of carbonyl (C=O) groups excluding carboxylic acids is 2. The Hall–Kier alpha value is -2.88. The molecule has 0 aliphatic carbocycles. The lowest BCUT2D eigenvalue weighted by atomic mass is 10.1. The highest BCUT2D eigenvalue weighted by Gasteiger charge is 2.22. The Morgan fingerprint density at radius 3 is 2.54 bits per heavy atom. The van der Waals surface area contributed by atoms with E-state index in [1.807, 2.05) is 44.2 Å². The minimum absolute atomic E-state index is 0.218. The maximum atomic E-state index is 12.6. The highest BCUT2D eigenvalue weighted by molar-refractivity contribution is 6.10. The molecule has 3 aromatic rings. The number of rotatable bonds is 4. The molecule has 1 aromatic heterocycles. The first-order valence-corrected chi connectivity index (χ1v) is 7.86. The van der Waals surface area contributed by atoms with Gasteiger partial charge in [-0.25, -0.2) is 4.79 Å². The number of Topliss-reactive ketones (excluding diaryl/α,β-unsaturated/α-hetero) is 1. The van der Waals surface area contributed by atoms with Crippen molar-refractivity contribution in [3.05, 3.63) is 70.9 Å². The van der Waals surface area contributed by atoms with Crippen molar-refractivity contribution in [1.82, 2.24) is 4.98 Å². The minimum atomic E-state index is -0.849. The van der Waals surface area contributed by atoms with Gasteiger partial charge in [0.2, 0.25) is 5.78 Å². The number of ketones is 1. The Morgan fingerprint density at radius 2 is 1.79 bits per heavy atom. The van der Waals surface area contributed by atoms with Gasteiger partial charge in [0, 0.05) is 22.7 Å². The van der Waals surface area contributed by atoms with E-state index in [9.17, 15) is 9.59 Å². The first-order valence-electron chi connectivity index (χ1n) is 7.86. The van der Waals surface area contributed by atoms with Crippen molar-refractivity contribution in [2.75, 3.05) is 0 Å². The lowest BCUT2D eigenvalue weighted by Crippen LogP contribution is -2.24. The lowest BCUT2D eigenvalue weighted by Gasteiger charge is -2.12. The normalized spacial score (nSPS) is 12.1. The fraction of sp³-hybridized carbons (Fsp3) is 0.200. The van der Waals surface area contributed by atoms with E-state index >= 15 is 0 Å². The summed E-state index contributed by atoms with van der Waals surface area (Å²) in [5.74, 6) is -0.705. The largest absolute Gasteiger partial charge is 0.451 e. The molecule has 122 valence electrons. The van der Waals surface area contributed by atoms with Gasteiger partial charge in [-0.3, -0.25) is 4.79 Å². The molecule has 0 bridgehead atoms. The van der Waals surface area contributed by atoms with E-state index in [1.165, 1.54) is 0 Å². The monoisotopic (exact) mass is 321 g/mol. The molecule has 0 aliphatic heterocycles. The second-order valence-electron chi connectivity index (χ2n) is 5.96. The predicted octanol–water partition coefficient (Wildman–Crippen LogP) is 4.21. The molecule has 3 rings (SSSR count). The smallest absolute Gasteiger partial charge is 0.338 e. The zero-order chi connectivity index (χ0) is 17.3. The second kappa shape index (κ2) is 6.32. The van der Waals surface area contributed by atoms with E-state index < -0.39 is 12.1 Å². The standard InChI is InChI=1S/C20H19NO3/c1-12-8-9-15(10-13(12)2)20(23)24-14(3)19(22)17-11-21-18-7-5-4-6-16(17)18/h4-11,14,21H,1-3H3/t14-/m0/s1. The molecule has 1 heterocycles. The van der Waals surface area contributed by atoms with Gasteiger partial charge in [-0.15, -0.1) is 0 Å². The lowest BCUT2D eigenvalue weighted by molar-refractivity contribution is 0.0319. The summed E-state index contributed by atoms with van der Waals surface area (Å²) in [4.78, 5) is 27.9. The SMILES string of the molecule is Cc1ccc(C(=O)O[C@@H](C)C(=O)c2c[nH]c3ccccc23)cc1C. The second-order valence-corrected chi connectivity index (χ2v) is 5.96. The predicted molar refractivity (Wildman–Crippen MR) is 93.4 cm³/mol. The third-order valence-corrected chi connectivity index (χ3v) is 4.25. The van der Waals surface area contributed by atoms with E-state index in [0.29, 0.717) is 11.1 Å². The van der Waals surface area contributed by atoms with Gasteiger partial charge in [-0.2, -0.15) is 0 Å². The molecule has 0 saturated heterocycles. The highest BCUT2D eigenvalue weighted by Crippen LogP contribution is 2.20. The molecule has 0 aliphatic rings. The van der Waals surface area contributed by atoms with Crippen LogP contribution in [0.25, 0.3) is 10.9 Å². The molecule has 0 amide bonds. The van der Waals surface area contributed by atoms with Crippen LogP contribution in [0.4, 0.5) is 0 Å². The molecule has 0 unspecified atom stereocenters. The number of hydrogen-bond acceptors (Lipinski definition) is 3. The number of fused-ring (bicyclic) bond motifs is 1. The van der Waals surface area contributed by atoms with E-state index in [4.69, 9.17) is 4.74 Å². The maximum absolute atomic E-state index is 12.6.